The summed E-state index contributed by atoms with van der Waals surface area (Å²) >= 11 is 0. The van der Waals surface area contributed by atoms with Gasteiger partial charge in [-0.2, -0.15) is 0 Å². The number of anilines is 1. The van der Waals surface area contributed by atoms with Crippen molar-refractivity contribution >= 4 is 5.95 Å². The lowest BCUT2D eigenvalue weighted by Crippen LogP contribution is -2.29. The Balaban J connectivity index is 1.61. The zero-order chi connectivity index (χ0) is 13.3. The first-order valence-electron chi connectivity index (χ1n) is 6.54. The molecule has 3 N–H and O–H groups in total. The molecule has 4 heteroatoms. The lowest BCUT2D eigenvalue weighted by molar-refractivity contribution is 0.521. The average Bonchev–Trinajstić information content (AvgIpc) is 3.12. The van der Waals surface area contributed by atoms with Crippen molar-refractivity contribution in [2.45, 2.75) is 31.3 Å². The number of nitrogens with two attached hydrogens (primary N) is 1. The highest BCUT2D eigenvalue weighted by Crippen LogP contribution is 2.51. The highest BCUT2D eigenvalue weighted by atomic mass is 15.0. The summed E-state index contributed by atoms with van der Waals surface area (Å²) in [7, 11) is 0. The lowest BCUT2D eigenvalue weighted by atomic mass is 10.1. The highest BCUT2D eigenvalue weighted by molar-refractivity contribution is 5.32. The van der Waals surface area contributed by atoms with Crippen LogP contribution >= 0.6 is 0 Å². The van der Waals surface area contributed by atoms with Crippen LogP contribution in [0.5, 0.6) is 0 Å². The molecular formula is C15H18N4. The van der Waals surface area contributed by atoms with E-state index < -0.39 is 0 Å². The van der Waals surface area contributed by atoms with Gasteiger partial charge in [-0.3, -0.25) is 0 Å². The van der Waals surface area contributed by atoms with Crippen LogP contribution in [0.3, 0.4) is 0 Å². The summed E-state index contributed by atoms with van der Waals surface area (Å²) in [5.41, 5.74) is 8.13. The van der Waals surface area contributed by atoms with Crippen LogP contribution in [0.15, 0.2) is 42.7 Å². The molecule has 1 aliphatic rings. The minimum absolute atomic E-state index is 0.183. The van der Waals surface area contributed by atoms with Gasteiger partial charge in [-0.05, 0) is 18.9 Å². The van der Waals surface area contributed by atoms with E-state index in [4.69, 9.17) is 5.73 Å². The molecule has 1 aromatic carbocycles. The minimum atomic E-state index is 0.183. The van der Waals surface area contributed by atoms with Gasteiger partial charge in [0, 0.05) is 36.0 Å². The second kappa shape index (κ2) is 4.63. The summed E-state index contributed by atoms with van der Waals surface area (Å²) < 4.78 is 0. The molecule has 2 aromatic rings. The molecule has 3 rings (SSSR count). The van der Waals surface area contributed by atoms with Crippen molar-refractivity contribution in [2.75, 3.05) is 5.73 Å². The van der Waals surface area contributed by atoms with E-state index in [-0.39, 0.29) is 5.54 Å². The van der Waals surface area contributed by atoms with Gasteiger partial charge >= 0.3 is 0 Å². The Morgan fingerprint density at radius 1 is 1.26 bits per heavy atom. The van der Waals surface area contributed by atoms with Crippen LogP contribution in [-0.4, -0.2) is 15.5 Å². The first-order chi connectivity index (χ1) is 9.17. The van der Waals surface area contributed by atoms with Crippen molar-refractivity contribution in [3.63, 3.8) is 0 Å². The predicted octanol–water partition coefficient (Wildman–Crippen LogP) is 2.09. The molecule has 0 bridgehead atoms. The molecule has 0 aliphatic heterocycles. The van der Waals surface area contributed by atoms with E-state index in [1.165, 1.54) is 12.0 Å². The third-order valence-corrected chi connectivity index (χ3v) is 3.86. The number of aromatic nitrogens is 2. The highest BCUT2D eigenvalue weighted by Gasteiger charge is 2.50. The zero-order valence-electron chi connectivity index (χ0n) is 11.0. The molecule has 4 nitrogen and oxygen atoms in total. The van der Waals surface area contributed by atoms with Crippen LogP contribution < -0.4 is 11.1 Å². The zero-order valence-corrected chi connectivity index (χ0v) is 11.0. The number of benzene rings is 1. The van der Waals surface area contributed by atoms with Crippen molar-refractivity contribution in [1.82, 2.24) is 15.3 Å². The number of hydrogen-bond donors (Lipinski definition) is 2. The number of nitrogen functional groups attached to an aromatic ring is 1. The maximum Gasteiger partial charge on any atom is 0.219 e. The largest absolute Gasteiger partial charge is 0.368 e. The Morgan fingerprint density at radius 3 is 2.63 bits per heavy atom. The molecule has 2 atom stereocenters. The van der Waals surface area contributed by atoms with E-state index in [1.54, 1.807) is 12.4 Å². The van der Waals surface area contributed by atoms with E-state index in [1.807, 2.05) is 0 Å². The third kappa shape index (κ3) is 2.58. The van der Waals surface area contributed by atoms with Crippen LogP contribution in [0.2, 0.25) is 0 Å². The quantitative estimate of drug-likeness (QED) is 0.877. The Bertz CT molecular complexity index is 552. The number of hydrogen-bond acceptors (Lipinski definition) is 4. The van der Waals surface area contributed by atoms with E-state index in [0.29, 0.717) is 11.9 Å². The van der Waals surface area contributed by atoms with Crippen LogP contribution in [0, 0.1) is 0 Å². The molecular weight excluding hydrogens is 236 g/mol. The van der Waals surface area contributed by atoms with Gasteiger partial charge in [0.2, 0.25) is 5.95 Å². The summed E-state index contributed by atoms with van der Waals surface area (Å²) in [5.74, 6) is 0.923. The Kier molecular flexibility index (Phi) is 2.95. The van der Waals surface area contributed by atoms with Gasteiger partial charge in [-0.15, -0.1) is 0 Å². The molecule has 1 heterocycles. The van der Waals surface area contributed by atoms with Crippen LogP contribution in [0.1, 0.15) is 30.4 Å². The van der Waals surface area contributed by atoms with Gasteiger partial charge in [0.25, 0.3) is 0 Å². The average molecular weight is 254 g/mol. The topological polar surface area (TPSA) is 63.8 Å². The van der Waals surface area contributed by atoms with Crippen molar-refractivity contribution in [3.8, 4) is 0 Å². The standard InChI is InChI=1S/C15H18N4/c1-15(7-13(15)12-5-3-2-4-6-12)19-10-11-8-17-14(16)18-9-11/h2-6,8-9,13,19H,7,10H2,1H3,(H2,16,17,18)/t13-,15+/m0/s1. The molecule has 0 spiro atoms. The van der Waals surface area contributed by atoms with E-state index in [0.717, 1.165) is 12.1 Å². The molecule has 0 radical (unpaired) electrons. The van der Waals surface area contributed by atoms with Gasteiger partial charge in [0.15, 0.2) is 0 Å². The summed E-state index contributed by atoms with van der Waals surface area (Å²) in [6, 6.07) is 10.7. The molecule has 0 saturated heterocycles. The third-order valence-electron chi connectivity index (χ3n) is 3.86. The SMILES string of the molecule is C[C@@]1(NCc2cnc(N)nc2)C[C@H]1c1ccccc1. The van der Waals surface area contributed by atoms with E-state index >= 15 is 0 Å². The molecule has 1 fully saturated rings. The molecule has 1 aliphatic carbocycles. The second-order valence-electron chi connectivity index (χ2n) is 5.39. The van der Waals surface area contributed by atoms with Gasteiger partial charge in [-0.1, -0.05) is 30.3 Å². The summed E-state index contributed by atoms with van der Waals surface area (Å²) in [6.07, 6.45) is 4.73. The van der Waals surface area contributed by atoms with Gasteiger partial charge in [0.05, 0.1) is 0 Å². The molecule has 0 amide bonds. The summed E-state index contributed by atoms with van der Waals surface area (Å²) in [6.45, 7) is 3.04. The second-order valence-corrected chi connectivity index (χ2v) is 5.39. The molecule has 1 aromatic heterocycles. The first-order valence-corrected chi connectivity index (χ1v) is 6.54. The maximum atomic E-state index is 5.48. The van der Waals surface area contributed by atoms with Crippen LogP contribution in [0.4, 0.5) is 5.95 Å². The number of rotatable bonds is 4. The Labute approximate surface area is 113 Å². The first kappa shape index (κ1) is 12.1. The number of nitrogens with one attached hydrogen (secondary N) is 1. The van der Waals surface area contributed by atoms with Gasteiger partial charge in [-0.25, -0.2) is 9.97 Å². The molecule has 0 unspecified atom stereocenters. The molecule has 1 saturated carbocycles. The lowest BCUT2D eigenvalue weighted by Gasteiger charge is -2.14. The van der Waals surface area contributed by atoms with Crippen molar-refractivity contribution < 1.29 is 0 Å². The fourth-order valence-corrected chi connectivity index (χ4v) is 2.49. The smallest absolute Gasteiger partial charge is 0.219 e. The predicted molar refractivity (Wildman–Crippen MR) is 75.5 cm³/mol. The Morgan fingerprint density at radius 2 is 1.95 bits per heavy atom. The number of nitrogens with zero attached hydrogens (tertiary/aromatic N) is 2. The van der Waals surface area contributed by atoms with Gasteiger partial charge < -0.3 is 11.1 Å². The summed E-state index contributed by atoms with van der Waals surface area (Å²) in [5, 5.41) is 3.60. The summed E-state index contributed by atoms with van der Waals surface area (Å²) in [4.78, 5) is 8.01. The van der Waals surface area contributed by atoms with E-state index in [9.17, 15) is 0 Å². The van der Waals surface area contributed by atoms with Crippen molar-refractivity contribution in [2.24, 2.45) is 0 Å². The molecule has 98 valence electrons. The maximum absolute atomic E-state index is 5.48. The Hall–Kier alpha value is -1.94. The monoisotopic (exact) mass is 254 g/mol. The van der Waals surface area contributed by atoms with Crippen molar-refractivity contribution in [3.05, 3.63) is 53.9 Å². The fraction of sp³-hybridized carbons (Fsp3) is 0.333. The molecule has 19 heavy (non-hydrogen) atoms. The fourth-order valence-electron chi connectivity index (χ4n) is 2.49. The van der Waals surface area contributed by atoms with Crippen LogP contribution in [0.25, 0.3) is 0 Å². The van der Waals surface area contributed by atoms with Gasteiger partial charge in [0.1, 0.15) is 0 Å². The van der Waals surface area contributed by atoms with Crippen molar-refractivity contribution in [1.29, 1.82) is 0 Å². The van der Waals surface area contributed by atoms with Crippen LogP contribution in [-0.2, 0) is 6.54 Å². The minimum Gasteiger partial charge on any atom is -0.368 e. The normalized spacial score (nSPS) is 25.2. The van der Waals surface area contributed by atoms with E-state index in [2.05, 4.69) is 52.5 Å².